The summed E-state index contributed by atoms with van der Waals surface area (Å²) in [5.74, 6) is 2.56. The smallest absolute Gasteiger partial charge is 0.253 e. The standard InChI is InChI=1S/C14H18N2OS2/c15-12-5-6-16(9-12)13(17)10-1-3-11(4-2-10)14-18-7-8-19-14/h1-4,12,14H,5-9,15H2/t12-/m1/s1. The first-order chi connectivity index (χ1) is 9.24. The molecule has 2 aliphatic heterocycles. The zero-order chi connectivity index (χ0) is 13.2. The molecular weight excluding hydrogens is 276 g/mol. The lowest BCUT2D eigenvalue weighted by Crippen LogP contribution is -2.31. The number of nitrogens with two attached hydrogens (primary N) is 1. The highest BCUT2D eigenvalue weighted by Crippen LogP contribution is 2.45. The van der Waals surface area contributed by atoms with Crippen molar-refractivity contribution in [1.29, 1.82) is 0 Å². The summed E-state index contributed by atoms with van der Waals surface area (Å²) in [6.45, 7) is 1.48. The molecule has 2 aliphatic rings. The van der Waals surface area contributed by atoms with Crippen LogP contribution in [0.15, 0.2) is 24.3 Å². The third kappa shape index (κ3) is 2.93. The monoisotopic (exact) mass is 294 g/mol. The second kappa shape index (κ2) is 5.77. The Kier molecular flexibility index (Phi) is 4.05. The number of amides is 1. The molecule has 0 spiro atoms. The van der Waals surface area contributed by atoms with Crippen molar-refractivity contribution in [3.05, 3.63) is 35.4 Å². The van der Waals surface area contributed by atoms with E-state index in [1.165, 1.54) is 17.1 Å². The van der Waals surface area contributed by atoms with Crippen LogP contribution >= 0.6 is 23.5 Å². The van der Waals surface area contributed by atoms with Crippen molar-refractivity contribution < 1.29 is 4.79 Å². The van der Waals surface area contributed by atoms with Gasteiger partial charge in [0.25, 0.3) is 5.91 Å². The summed E-state index contributed by atoms with van der Waals surface area (Å²) in [6.07, 6.45) is 0.916. The van der Waals surface area contributed by atoms with Crippen LogP contribution in [0.1, 0.15) is 26.9 Å². The van der Waals surface area contributed by atoms with Gasteiger partial charge in [0.15, 0.2) is 0 Å². The van der Waals surface area contributed by atoms with Crippen molar-refractivity contribution in [1.82, 2.24) is 4.90 Å². The SMILES string of the molecule is N[C@@H]1CCN(C(=O)c2ccc(C3SCCS3)cc2)C1. The van der Waals surface area contributed by atoms with Gasteiger partial charge in [0.2, 0.25) is 0 Å². The Morgan fingerprint density at radius 3 is 2.47 bits per heavy atom. The molecule has 1 atom stereocenters. The largest absolute Gasteiger partial charge is 0.337 e. The third-order valence-electron chi connectivity index (χ3n) is 3.56. The quantitative estimate of drug-likeness (QED) is 0.909. The van der Waals surface area contributed by atoms with Crippen molar-refractivity contribution in [3.63, 3.8) is 0 Å². The Labute approximate surface area is 122 Å². The van der Waals surface area contributed by atoms with E-state index in [4.69, 9.17) is 5.73 Å². The number of carbonyl (C=O) groups excluding carboxylic acids is 1. The fourth-order valence-corrected chi connectivity index (χ4v) is 5.35. The van der Waals surface area contributed by atoms with E-state index in [-0.39, 0.29) is 11.9 Å². The van der Waals surface area contributed by atoms with Crippen molar-refractivity contribution in [2.45, 2.75) is 17.0 Å². The molecule has 0 aromatic heterocycles. The summed E-state index contributed by atoms with van der Waals surface area (Å²) >= 11 is 3.97. The molecule has 2 heterocycles. The molecule has 102 valence electrons. The van der Waals surface area contributed by atoms with E-state index in [1.807, 2.05) is 40.6 Å². The molecule has 1 aromatic carbocycles. The normalized spacial score (nSPS) is 24.1. The summed E-state index contributed by atoms with van der Waals surface area (Å²) in [7, 11) is 0. The van der Waals surface area contributed by atoms with Crippen molar-refractivity contribution >= 4 is 29.4 Å². The minimum absolute atomic E-state index is 0.117. The second-order valence-electron chi connectivity index (χ2n) is 5.00. The lowest BCUT2D eigenvalue weighted by atomic mass is 10.1. The van der Waals surface area contributed by atoms with E-state index in [9.17, 15) is 4.79 Å². The molecule has 5 heteroatoms. The second-order valence-corrected chi connectivity index (χ2v) is 7.72. The lowest BCUT2D eigenvalue weighted by molar-refractivity contribution is 0.0791. The van der Waals surface area contributed by atoms with Crippen LogP contribution in [0.25, 0.3) is 0 Å². The number of thioether (sulfide) groups is 2. The van der Waals surface area contributed by atoms with Gasteiger partial charge in [-0.3, -0.25) is 4.79 Å². The van der Waals surface area contributed by atoms with Gasteiger partial charge in [0.1, 0.15) is 0 Å². The fraction of sp³-hybridized carbons (Fsp3) is 0.500. The van der Waals surface area contributed by atoms with Gasteiger partial charge < -0.3 is 10.6 Å². The molecule has 3 rings (SSSR count). The Balaban J connectivity index is 1.69. The lowest BCUT2D eigenvalue weighted by Gasteiger charge is -2.16. The third-order valence-corrected chi connectivity index (χ3v) is 6.67. The van der Waals surface area contributed by atoms with Crippen molar-refractivity contribution in [2.75, 3.05) is 24.6 Å². The van der Waals surface area contributed by atoms with Crippen LogP contribution in [0.5, 0.6) is 0 Å². The topological polar surface area (TPSA) is 46.3 Å². The highest BCUT2D eigenvalue weighted by Gasteiger charge is 2.25. The first-order valence-corrected chi connectivity index (χ1v) is 8.72. The fourth-order valence-electron chi connectivity index (χ4n) is 2.49. The number of nitrogens with zero attached hydrogens (tertiary/aromatic N) is 1. The average Bonchev–Trinajstić information content (AvgIpc) is 3.09. The van der Waals surface area contributed by atoms with Crippen molar-refractivity contribution in [2.24, 2.45) is 5.73 Å². The zero-order valence-electron chi connectivity index (χ0n) is 10.7. The number of hydrogen-bond donors (Lipinski definition) is 1. The van der Waals surface area contributed by atoms with Gasteiger partial charge >= 0.3 is 0 Å². The van der Waals surface area contributed by atoms with Gasteiger partial charge in [0, 0.05) is 36.2 Å². The van der Waals surface area contributed by atoms with Crippen LogP contribution in [0.3, 0.4) is 0 Å². The van der Waals surface area contributed by atoms with Crippen LogP contribution in [0, 0.1) is 0 Å². The minimum atomic E-state index is 0.117. The van der Waals surface area contributed by atoms with Crippen molar-refractivity contribution in [3.8, 4) is 0 Å². The Morgan fingerprint density at radius 2 is 1.89 bits per heavy atom. The molecule has 1 aromatic rings. The number of likely N-dealkylation sites (tertiary alicyclic amines) is 1. The predicted octanol–water partition coefficient (Wildman–Crippen LogP) is 2.34. The van der Waals surface area contributed by atoms with E-state index >= 15 is 0 Å². The summed E-state index contributed by atoms with van der Waals surface area (Å²) in [6, 6.07) is 8.26. The maximum Gasteiger partial charge on any atom is 0.253 e. The van der Waals surface area contributed by atoms with Gasteiger partial charge in [-0.05, 0) is 24.1 Å². The summed E-state index contributed by atoms with van der Waals surface area (Å²) in [5.41, 5.74) is 7.95. The van der Waals surface area contributed by atoms with Crippen LogP contribution in [-0.4, -0.2) is 41.4 Å². The molecule has 1 amide bonds. The minimum Gasteiger partial charge on any atom is -0.337 e. The molecule has 0 saturated carbocycles. The number of rotatable bonds is 2. The number of benzene rings is 1. The molecule has 0 unspecified atom stereocenters. The molecule has 0 aliphatic carbocycles. The zero-order valence-corrected chi connectivity index (χ0v) is 12.4. The summed E-state index contributed by atoms with van der Waals surface area (Å²) in [5, 5.41) is 0. The highest BCUT2D eigenvalue weighted by atomic mass is 32.2. The summed E-state index contributed by atoms with van der Waals surface area (Å²) in [4.78, 5) is 14.1. The van der Waals surface area contributed by atoms with Gasteiger partial charge in [0.05, 0.1) is 4.58 Å². The number of hydrogen-bond acceptors (Lipinski definition) is 4. The average molecular weight is 294 g/mol. The maximum absolute atomic E-state index is 12.3. The van der Waals surface area contributed by atoms with Gasteiger partial charge in [-0.2, -0.15) is 0 Å². The molecule has 3 nitrogen and oxygen atoms in total. The first-order valence-electron chi connectivity index (χ1n) is 6.62. The number of carbonyl (C=O) groups is 1. The Morgan fingerprint density at radius 1 is 1.21 bits per heavy atom. The van der Waals surface area contributed by atoms with Crippen LogP contribution < -0.4 is 5.73 Å². The van der Waals surface area contributed by atoms with E-state index in [2.05, 4.69) is 12.1 Å². The highest BCUT2D eigenvalue weighted by molar-refractivity contribution is 8.19. The molecule has 2 saturated heterocycles. The van der Waals surface area contributed by atoms with Gasteiger partial charge in [-0.15, -0.1) is 23.5 Å². The molecule has 0 bridgehead atoms. The molecule has 2 fully saturated rings. The molecule has 0 radical (unpaired) electrons. The van der Waals surface area contributed by atoms with Crippen LogP contribution in [0.4, 0.5) is 0 Å². The Bertz CT molecular complexity index is 457. The van der Waals surface area contributed by atoms with Crippen LogP contribution in [0.2, 0.25) is 0 Å². The van der Waals surface area contributed by atoms with E-state index in [1.54, 1.807) is 0 Å². The van der Waals surface area contributed by atoms with Crippen LogP contribution in [-0.2, 0) is 0 Å². The summed E-state index contributed by atoms with van der Waals surface area (Å²) < 4.78 is 0.546. The molecule has 19 heavy (non-hydrogen) atoms. The predicted molar refractivity (Wildman–Crippen MR) is 82.6 cm³/mol. The van der Waals surface area contributed by atoms with E-state index < -0.39 is 0 Å². The first kappa shape index (κ1) is 13.3. The van der Waals surface area contributed by atoms with E-state index in [0.717, 1.165) is 18.5 Å². The molecule has 2 N–H and O–H groups in total. The Hall–Kier alpha value is -0.650. The molecular formula is C14H18N2OS2. The van der Waals surface area contributed by atoms with Gasteiger partial charge in [-0.1, -0.05) is 12.1 Å². The van der Waals surface area contributed by atoms with E-state index in [0.29, 0.717) is 11.1 Å². The maximum atomic E-state index is 12.3. The van der Waals surface area contributed by atoms with Gasteiger partial charge in [-0.25, -0.2) is 0 Å².